The van der Waals surface area contributed by atoms with E-state index >= 15 is 0 Å². The van der Waals surface area contributed by atoms with E-state index in [4.69, 9.17) is 0 Å². The molecule has 1 amide bonds. The van der Waals surface area contributed by atoms with Crippen LogP contribution < -0.4 is 5.32 Å². The number of amides is 1. The topological polar surface area (TPSA) is 52.9 Å². The van der Waals surface area contributed by atoms with E-state index in [9.17, 15) is 14.4 Å². The third-order valence-electron chi connectivity index (χ3n) is 3.72. The first-order valence-electron chi connectivity index (χ1n) is 6.77. The van der Waals surface area contributed by atoms with Crippen molar-refractivity contribution in [3.05, 3.63) is 33.1 Å². The van der Waals surface area contributed by atoms with Crippen LogP contribution in [0.4, 0.5) is 4.39 Å². The Hall–Kier alpha value is -1.16. The molecule has 0 radical (unpaired) electrons. The highest BCUT2D eigenvalue weighted by Crippen LogP contribution is 2.26. The smallest absolute Gasteiger partial charge is 0.253 e. The van der Waals surface area contributed by atoms with Crippen LogP contribution in [0, 0.1) is 26.6 Å². The molecule has 1 atom stereocenters. The van der Waals surface area contributed by atoms with Gasteiger partial charge in [0, 0.05) is 3.57 Å². The molecular weight excluding hydrogens is 370 g/mol. The average Bonchev–Trinajstić information content (AvgIpc) is 2.45. The first-order valence-corrected chi connectivity index (χ1v) is 7.85. The lowest BCUT2D eigenvalue weighted by molar-refractivity contribution is 0.0928. The maximum atomic E-state index is 13.0. The first-order chi connectivity index (χ1) is 9.61. The molecule has 0 aliphatic heterocycles. The molecule has 1 fully saturated rings. The van der Waals surface area contributed by atoms with Crippen molar-refractivity contribution in [1.82, 2.24) is 5.32 Å². The van der Waals surface area contributed by atoms with E-state index in [-0.39, 0.29) is 17.6 Å². The largest absolute Gasteiger partial charge is 0.336 e. The van der Waals surface area contributed by atoms with E-state index < -0.39 is 6.04 Å². The van der Waals surface area contributed by atoms with E-state index in [1.807, 2.05) is 22.6 Å². The molecule has 0 bridgehead atoms. The summed E-state index contributed by atoms with van der Waals surface area (Å²) in [6.07, 6.45) is 5.41. The van der Waals surface area contributed by atoms with Crippen LogP contribution >= 0.6 is 22.6 Å². The predicted octanol–water partition coefficient (Wildman–Crippen LogP) is 3.63. The normalized spacial score (nSPS) is 17.2. The highest BCUT2D eigenvalue weighted by Gasteiger charge is 2.25. The average molecular weight is 386 g/mol. The van der Waals surface area contributed by atoms with Crippen molar-refractivity contribution < 1.29 is 9.18 Å². The number of nitrogens with zero attached hydrogens (tertiary/aromatic N) is 1. The monoisotopic (exact) mass is 386 g/mol. The lowest BCUT2D eigenvalue weighted by atomic mass is 9.84. The summed E-state index contributed by atoms with van der Waals surface area (Å²) in [5.74, 6) is -0.433. The van der Waals surface area contributed by atoms with Crippen LogP contribution in [-0.4, -0.2) is 11.9 Å². The third-order valence-corrected chi connectivity index (χ3v) is 4.62. The number of benzene rings is 1. The third kappa shape index (κ3) is 3.69. The predicted molar refractivity (Wildman–Crippen MR) is 82.6 cm³/mol. The van der Waals surface area contributed by atoms with Crippen LogP contribution in [0.25, 0.3) is 0 Å². The van der Waals surface area contributed by atoms with Crippen molar-refractivity contribution in [1.29, 1.82) is 5.26 Å². The lowest BCUT2D eigenvalue weighted by Gasteiger charge is -2.26. The minimum atomic E-state index is -0.455. The van der Waals surface area contributed by atoms with Crippen LogP contribution in [0.5, 0.6) is 0 Å². The number of hydrogen-bond donors (Lipinski definition) is 1. The second-order valence-corrected chi connectivity index (χ2v) is 6.26. The number of hydrogen-bond acceptors (Lipinski definition) is 2. The molecule has 0 aromatic heterocycles. The zero-order valence-electron chi connectivity index (χ0n) is 11.0. The van der Waals surface area contributed by atoms with Crippen LogP contribution in [0.2, 0.25) is 0 Å². The van der Waals surface area contributed by atoms with Gasteiger partial charge in [0.2, 0.25) is 0 Å². The molecule has 1 aliphatic rings. The Morgan fingerprint density at radius 2 is 2.10 bits per heavy atom. The first kappa shape index (κ1) is 15.2. The molecule has 1 unspecified atom stereocenters. The van der Waals surface area contributed by atoms with Crippen molar-refractivity contribution >= 4 is 28.5 Å². The van der Waals surface area contributed by atoms with Crippen LogP contribution in [0.3, 0.4) is 0 Å². The van der Waals surface area contributed by atoms with Gasteiger partial charge in [-0.1, -0.05) is 19.3 Å². The zero-order chi connectivity index (χ0) is 14.5. The summed E-state index contributed by atoms with van der Waals surface area (Å²) >= 11 is 1.93. The van der Waals surface area contributed by atoms with Gasteiger partial charge in [-0.15, -0.1) is 0 Å². The Morgan fingerprint density at radius 1 is 1.40 bits per heavy atom. The Balaban J connectivity index is 2.07. The molecular formula is C15H16FIN2O. The summed E-state index contributed by atoms with van der Waals surface area (Å²) in [6, 6.07) is 5.78. The summed E-state index contributed by atoms with van der Waals surface area (Å²) < 4.78 is 13.6. The van der Waals surface area contributed by atoms with Crippen molar-refractivity contribution in [3.63, 3.8) is 0 Å². The van der Waals surface area contributed by atoms with E-state index in [1.54, 1.807) is 0 Å². The molecule has 1 N–H and O–H groups in total. The van der Waals surface area contributed by atoms with E-state index in [1.165, 1.54) is 24.6 Å². The van der Waals surface area contributed by atoms with Gasteiger partial charge in [0.1, 0.15) is 11.9 Å². The molecule has 20 heavy (non-hydrogen) atoms. The fourth-order valence-electron chi connectivity index (χ4n) is 2.62. The van der Waals surface area contributed by atoms with Crippen LogP contribution in [0.1, 0.15) is 42.5 Å². The zero-order valence-corrected chi connectivity index (χ0v) is 13.2. The Morgan fingerprint density at radius 3 is 2.70 bits per heavy atom. The molecule has 1 aliphatic carbocycles. The Bertz CT molecular complexity index is 535. The van der Waals surface area contributed by atoms with Gasteiger partial charge >= 0.3 is 0 Å². The number of carbonyl (C=O) groups excluding carboxylic acids is 1. The fourth-order valence-corrected chi connectivity index (χ4v) is 3.34. The number of nitriles is 1. The molecule has 1 aromatic rings. The molecule has 5 heteroatoms. The second-order valence-electron chi connectivity index (χ2n) is 5.10. The molecule has 1 saturated carbocycles. The van der Waals surface area contributed by atoms with Gasteiger partial charge in [-0.2, -0.15) is 5.26 Å². The summed E-state index contributed by atoms with van der Waals surface area (Å²) in [6.45, 7) is 0. The van der Waals surface area contributed by atoms with Crippen molar-refractivity contribution in [2.75, 3.05) is 0 Å². The van der Waals surface area contributed by atoms with Crippen LogP contribution in [-0.2, 0) is 0 Å². The van der Waals surface area contributed by atoms with E-state index in [0.29, 0.717) is 9.13 Å². The summed E-state index contributed by atoms with van der Waals surface area (Å²) in [7, 11) is 0. The van der Waals surface area contributed by atoms with Gasteiger partial charge in [-0.3, -0.25) is 4.79 Å². The fraction of sp³-hybridized carbons (Fsp3) is 0.467. The SMILES string of the molecule is N#CC(NC(=O)c1ccc(F)cc1I)C1CCCCC1. The van der Waals surface area contributed by atoms with Gasteiger partial charge in [0.15, 0.2) is 0 Å². The highest BCUT2D eigenvalue weighted by atomic mass is 127. The molecule has 3 nitrogen and oxygen atoms in total. The molecule has 0 heterocycles. The number of rotatable bonds is 3. The summed E-state index contributed by atoms with van der Waals surface area (Å²) in [5, 5.41) is 12.0. The maximum absolute atomic E-state index is 13.0. The van der Waals surface area contributed by atoms with Gasteiger partial charge < -0.3 is 5.32 Å². The van der Waals surface area contributed by atoms with Gasteiger partial charge in [-0.05, 0) is 59.5 Å². The van der Waals surface area contributed by atoms with Gasteiger partial charge in [0.05, 0.1) is 11.6 Å². The minimum Gasteiger partial charge on any atom is -0.336 e. The molecule has 1 aromatic carbocycles. The maximum Gasteiger partial charge on any atom is 0.253 e. The number of halogens is 2. The summed E-state index contributed by atoms with van der Waals surface area (Å²) in [4.78, 5) is 12.2. The van der Waals surface area contributed by atoms with E-state index in [2.05, 4.69) is 11.4 Å². The minimum absolute atomic E-state index is 0.232. The van der Waals surface area contributed by atoms with E-state index in [0.717, 1.165) is 25.7 Å². The van der Waals surface area contributed by atoms with Gasteiger partial charge in [-0.25, -0.2) is 4.39 Å². The lowest BCUT2D eigenvalue weighted by Crippen LogP contribution is -2.40. The number of nitrogens with one attached hydrogen (secondary N) is 1. The standard InChI is InChI=1S/C15H16FIN2O/c16-11-6-7-12(13(17)8-11)15(20)19-14(9-18)10-4-2-1-3-5-10/h6-8,10,14H,1-5H2,(H,19,20). The highest BCUT2D eigenvalue weighted by molar-refractivity contribution is 14.1. The van der Waals surface area contributed by atoms with Crippen LogP contribution in [0.15, 0.2) is 18.2 Å². The second kappa shape index (κ2) is 7.02. The van der Waals surface area contributed by atoms with Gasteiger partial charge in [0.25, 0.3) is 5.91 Å². The summed E-state index contributed by atoms with van der Waals surface area (Å²) in [5.41, 5.74) is 0.419. The van der Waals surface area contributed by atoms with Crippen molar-refractivity contribution in [2.24, 2.45) is 5.92 Å². The Labute approximate surface area is 131 Å². The number of carbonyl (C=O) groups is 1. The molecule has 0 spiro atoms. The molecule has 0 saturated heterocycles. The van der Waals surface area contributed by atoms with Crippen molar-refractivity contribution in [3.8, 4) is 6.07 Å². The molecule has 106 valence electrons. The molecule has 2 rings (SSSR count). The van der Waals surface area contributed by atoms with Crippen molar-refractivity contribution in [2.45, 2.75) is 38.1 Å². The quantitative estimate of drug-likeness (QED) is 0.807. The Kier molecular flexibility index (Phi) is 5.35.